The molecule has 17 heavy (non-hydrogen) atoms. The first kappa shape index (κ1) is 12.1. The molecule has 1 heterocycles. The van der Waals surface area contributed by atoms with Crippen molar-refractivity contribution in [3.8, 4) is 0 Å². The van der Waals surface area contributed by atoms with Gasteiger partial charge in [-0.15, -0.1) is 0 Å². The monoisotopic (exact) mass is 234 g/mol. The average Bonchev–Trinajstić information content (AvgIpc) is 2.39. The maximum absolute atomic E-state index is 11.6. The van der Waals surface area contributed by atoms with Crippen molar-refractivity contribution in [1.29, 1.82) is 0 Å². The van der Waals surface area contributed by atoms with Crippen LogP contribution in [0.15, 0.2) is 30.3 Å². The molecule has 0 saturated carbocycles. The molecule has 0 spiro atoms. The second kappa shape index (κ2) is 4.85. The Balaban J connectivity index is 2.18. The van der Waals surface area contributed by atoms with Crippen LogP contribution < -0.4 is 5.73 Å². The topological polar surface area (TPSA) is 55.6 Å². The number of hydrogen-bond acceptors (Lipinski definition) is 3. The molecule has 1 aliphatic rings. The molecule has 0 unspecified atom stereocenters. The summed E-state index contributed by atoms with van der Waals surface area (Å²) < 4.78 is 5.84. The Morgan fingerprint density at radius 2 is 2.18 bits per heavy atom. The van der Waals surface area contributed by atoms with Gasteiger partial charge in [0.25, 0.3) is 0 Å². The quantitative estimate of drug-likeness (QED) is 0.820. The number of amides is 1. The van der Waals surface area contributed by atoms with E-state index >= 15 is 0 Å². The first-order valence-electron chi connectivity index (χ1n) is 5.83. The number of morpholine rings is 1. The van der Waals surface area contributed by atoms with Crippen molar-refractivity contribution >= 4 is 5.91 Å². The minimum atomic E-state index is -0.426. The van der Waals surface area contributed by atoms with Crippen molar-refractivity contribution in [2.24, 2.45) is 5.73 Å². The van der Waals surface area contributed by atoms with Crippen molar-refractivity contribution in [3.63, 3.8) is 0 Å². The summed E-state index contributed by atoms with van der Waals surface area (Å²) in [6, 6.07) is 9.98. The van der Waals surface area contributed by atoms with E-state index in [1.807, 2.05) is 37.3 Å². The Bertz CT molecular complexity index is 394. The van der Waals surface area contributed by atoms with E-state index in [0.29, 0.717) is 19.7 Å². The molecule has 1 saturated heterocycles. The van der Waals surface area contributed by atoms with Crippen LogP contribution in [0.4, 0.5) is 0 Å². The van der Waals surface area contributed by atoms with Crippen LogP contribution in [-0.4, -0.2) is 37.0 Å². The van der Waals surface area contributed by atoms with E-state index in [1.165, 1.54) is 0 Å². The molecule has 0 radical (unpaired) electrons. The molecule has 1 aromatic rings. The van der Waals surface area contributed by atoms with Crippen LogP contribution in [0.25, 0.3) is 0 Å². The summed E-state index contributed by atoms with van der Waals surface area (Å²) in [6.07, 6.45) is 0. The highest BCUT2D eigenvalue weighted by molar-refractivity contribution is 5.78. The molecule has 92 valence electrons. The third kappa shape index (κ3) is 2.48. The van der Waals surface area contributed by atoms with Gasteiger partial charge >= 0.3 is 0 Å². The highest BCUT2D eigenvalue weighted by atomic mass is 16.5. The molecule has 4 nitrogen and oxygen atoms in total. The van der Waals surface area contributed by atoms with Gasteiger partial charge in [-0.05, 0) is 12.5 Å². The first-order valence-corrected chi connectivity index (χ1v) is 5.83. The Labute approximate surface area is 101 Å². The molecule has 0 bridgehead atoms. The summed E-state index contributed by atoms with van der Waals surface area (Å²) >= 11 is 0. The summed E-state index contributed by atoms with van der Waals surface area (Å²) in [6.45, 7) is 3.81. The Hall–Kier alpha value is -1.39. The van der Waals surface area contributed by atoms with Crippen LogP contribution in [-0.2, 0) is 15.1 Å². The number of nitrogens with zero attached hydrogens (tertiary/aromatic N) is 1. The van der Waals surface area contributed by atoms with Crippen molar-refractivity contribution < 1.29 is 9.53 Å². The van der Waals surface area contributed by atoms with E-state index < -0.39 is 5.60 Å². The zero-order valence-electron chi connectivity index (χ0n) is 10.1. The molecule has 4 heteroatoms. The molecular weight excluding hydrogens is 216 g/mol. The number of benzene rings is 1. The molecule has 1 fully saturated rings. The average molecular weight is 234 g/mol. The summed E-state index contributed by atoms with van der Waals surface area (Å²) in [5.74, 6) is -0.0181. The molecule has 0 aliphatic carbocycles. The largest absolute Gasteiger partial charge is 0.367 e. The lowest BCUT2D eigenvalue weighted by atomic mass is 9.94. The molecular formula is C13H18N2O2. The number of nitrogens with two attached hydrogens (primary N) is 1. The van der Waals surface area contributed by atoms with Crippen LogP contribution in [0.5, 0.6) is 0 Å². The zero-order chi connectivity index (χ0) is 12.3. The highest BCUT2D eigenvalue weighted by Gasteiger charge is 2.35. The fourth-order valence-corrected chi connectivity index (χ4v) is 2.18. The number of carbonyl (C=O) groups is 1. The molecule has 2 N–H and O–H groups in total. The summed E-state index contributed by atoms with van der Waals surface area (Å²) in [7, 11) is 0. The first-order chi connectivity index (χ1) is 8.15. The number of hydrogen-bond donors (Lipinski definition) is 1. The van der Waals surface area contributed by atoms with Gasteiger partial charge in [0.05, 0.1) is 19.7 Å². The Kier molecular flexibility index (Phi) is 3.45. The maximum atomic E-state index is 11.6. The second-order valence-electron chi connectivity index (χ2n) is 4.46. The normalized spacial score (nSPS) is 24.7. The van der Waals surface area contributed by atoms with Gasteiger partial charge in [-0.3, -0.25) is 4.79 Å². The fraction of sp³-hybridized carbons (Fsp3) is 0.462. The lowest BCUT2D eigenvalue weighted by Crippen LogP contribution is -2.51. The van der Waals surface area contributed by atoms with E-state index in [2.05, 4.69) is 0 Å². The van der Waals surface area contributed by atoms with Gasteiger partial charge in [-0.1, -0.05) is 30.3 Å². The lowest BCUT2D eigenvalue weighted by Gasteiger charge is -2.40. The number of rotatable bonds is 2. The minimum Gasteiger partial charge on any atom is -0.367 e. The van der Waals surface area contributed by atoms with Gasteiger partial charge in [0.1, 0.15) is 5.60 Å². The van der Waals surface area contributed by atoms with Crippen molar-refractivity contribution in [2.45, 2.75) is 12.5 Å². The van der Waals surface area contributed by atoms with Crippen LogP contribution in [0.3, 0.4) is 0 Å². The predicted molar refractivity (Wildman–Crippen MR) is 65.4 cm³/mol. The third-order valence-electron chi connectivity index (χ3n) is 3.19. The Morgan fingerprint density at radius 1 is 1.47 bits per heavy atom. The van der Waals surface area contributed by atoms with Crippen molar-refractivity contribution in [3.05, 3.63) is 35.9 Å². The minimum absolute atomic E-state index is 0.0181. The van der Waals surface area contributed by atoms with Gasteiger partial charge in [0.2, 0.25) is 5.91 Å². The van der Waals surface area contributed by atoms with Crippen LogP contribution >= 0.6 is 0 Å². The SMILES string of the molecule is C[C@]1(c2ccccc2)CN(C(=O)CN)CCO1. The van der Waals surface area contributed by atoms with Gasteiger partial charge in [0.15, 0.2) is 0 Å². The van der Waals surface area contributed by atoms with E-state index in [-0.39, 0.29) is 12.5 Å². The predicted octanol–water partition coefficient (Wildman–Crippen LogP) is 0.719. The van der Waals surface area contributed by atoms with Gasteiger partial charge in [-0.25, -0.2) is 0 Å². The van der Waals surface area contributed by atoms with E-state index in [9.17, 15) is 4.79 Å². The smallest absolute Gasteiger partial charge is 0.236 e. The lowest BCUT2D eigenvalue weighted by molar-refractivity contribution is -0.148. The molecule has 0 aromatic heterocycles. The number of carbonyl (C=O) groups excluding carboxylic acids is 1. The molecule has 1 aliphatic heterocycles. The van der Waals surface area contributed by atoms with Crippen molar-refractivity contribution in [1.82, 2.24) is 4.90 Å². The van der Waals surface area contributed by atoms with Crippen LogP contribution in [0, 0.1) is 0 Å². The van der Waals surface area contributed by atoms with E-state index in [0.717, 1.165) is 5.56 Å². The Morgan fingerprint density at radius 3 is 2.82 bits per heavy atom. The third-order valence-corrected chi connectivity index (χ3v) is 3.19. The molecule has 1 amide bonds. The van der Waals surface area contributed by atoms with E-state index in [4.69, 9.17) is 10.5 Å². The maximum Gasteiger partial charge on any atom is 0.236 e. The highest BCUT2D eigenvalue weighted by Crippen LogP contribution is 2.29. The second-order valence-corrected chi connectivity index (χ2v) is 4.46. The summed E-state index contributed by atoms with van der Waals surface area (Å²) in [5.41, 5.74) is 6.06. The van der Waals surface area contributed by atoms with Gasteiger partial charge in [-0.2, -0.15) is 0 Å². The standard InChI is InChI=1S/C13H18N2O2/c1-13(11-5-3-2-4-6-11)10-15(7-8-17-13)12(16)9-14/h2-6H,7-10,14H2,1H3/t13-/m1/s1. The summed E-state index contributed by atoms with van der Waals surface area (Å²) in [4.78, 5) is 13.4. The van der Waals surface area contributed by atoms with Gasteiger partial charge in [0, 0.05) is 6.54 Å². The van der Waals surface area contributed by atoms with E-state index in [1.54, 1.807) is 4.90 Å². The van der Waals surface area contributed by atoms with Crippen LogP contribution in [0.2, 0.25) is 0 Å². The molecule has 1 atom stereocenters. The van der Waals surface area contributed by atoms with Gasteiger partial charge < -0.3 is 15.4 Å². The fourth-order valence-electron chi connectivity index (χ4n) is 2.18. The summed E-state index contributed by atoms with van der Waals surface area (Å²) in [5, 5.41) is 0. The van der Waals surface area contributed by atoms with Crippen LogP contribution in [0.1, 0.15) is 12.5 Å². The molecule has 1 aromatic carbocycles. The zero-order valence-corrected chi connectivity index (χ0v) is 10.1. The van der Waals surface area contributed by atoms with Crippen molar-refractivity contribution in [2.75, 3.05) is 26.2 Å². The molecule has 2 rings (SSSR count). The number of ether oxygens (including phenoxy) is 1.